The normalized spacial score (nSPS) is 20.5. The van der Waals surface area contributed by atoms with E-state index in [0.717, 1.165) is 10.8 Å². The molecule has 6 heteroatoms. The predicted octanol–water partition coefficient (Wildman–Crippen LogP) is 6.69. The van der Waals surface area contributed by atoms with E-state index in [0.29, 0.717) is 47.2 Å². The number of halogens is 1. The van der Waals surface area contributed by atoms with Gasteiger partial charge in [0.1, 0.15) is 28.9 Å². The lowest BCUT2D eigenvalue weighted by atomic mass is 9.90. The van der Waals surface area contributed by atoms with Gasteiger partial charge >= 0.3 is 0 Å². The standard InChI is InChI=1S/C30H31FO5/c1-34-29-13-20-4-3-5-28(26(20)17-30(29)35-2)36-24-11-10-21(27(31)16-24)12-22(32)14-23(33)15-25-18-6-7-19(25)9-8-18/h3-5,10-11,13,16-19,25H,6-9,12,14-15H2,1-2H3. The smallest absolute Gasteiger partial charge is 0.161 e. The molecule has 2 fully saturated rings. The molecule has 0 atom stereocenters. The molecule has 0 aliphatic heterocycles. The summed E-state index contributed by atoms with van der Waals surface area (Å²) in [7, 11) is 3.14. The fourth-order valence-electron chi connectivity index (χ4n) is 6.08. The number of fused-ring (bicyclic) bond motifs is 3. The minimum atomic E-state index is -0.526. The SMILES string of the molecule is COc1cc2cccc(Oc3ccc(CC(=O)CC(=O)CC4C5CCC4CC5)c(F)c3)c2cc1OC. The van der Waals surface area contributed by atoms with E-state index in [1.165, 1.54) is 31.7 Å². The largest absolute Gasteiger partial charge is 0.493 e. The Morgan fingerprint density at radius 1 is 0.861 bits per heavy atom. The molecule has 5 nitrogen and oxygen atoms in total. The number of rotatable bonds is 10. The molecule has 188 valence electrons. The van der Waals surface area contributed by atoms with Gasteiger partial charge < -0.3 is 14.2 Å². The maximum absolute atomic E-state index is 14.9. The molecule has 0 N–H and O–H groups in total. The summed E-state index contributed by atoms with van der Waals surface area (Å²) in [5.74, 6) is 3.03. The molecule has 2 bridgehead atoms. The molecule has 0 unspecified atom stereocenters. The maximum atomic E-state index is 14.9. The van der Waals surface area contributed by atoms with Gasteiger partial charge in [-0.25, -0.2) is 4.39 Å². The summed E-state index contributed by atoms with van der Waals surface area (Å²) in [5.41, 5.74) is 0.269. The molecule has 0 aromatic heterocycles. The van der Waals surface area contributed by atoms with Gasteiger partial charge in [-0.15, -0.1) is 0 Å². The van der Waals surface area contributed by atoms with Crippen LogP contribution in [0.25, 0.3) is 10.8 Å². The van der Waals surface area contributed by atoms with Crippen LogP contribution in [-0.4, -0.2) is 25.8 Å². The molecular weight excluding hydrogens is 459 g/mol. The Morgan fingerprint density at radius 3 is 2.22 bits per heavy atom. The van der Waals surface area contributed by atoms with Crippen LogP contribution in [0.2, 0.25) is 0 Å². The quantitative estimate of drug-likeness (QED) is 0.297. The summed E-state index contributed by atoms with van der Waals surface area (Å²) in [6.45, 7) is 0. The van der Waals surface area contributed by atoms with Gasteiger partial charge in [0.2, 0.25) is 0 Å². The van der Waals surface area contributed by atoms with Gasteiger partial charge in [0.15, 0.2) is 11.5 Å². The number of ether oxygens (including phenoxy) is 3. The minimum absolute atomic E-state index is 0.00724. The lowest BCUT2D eigenvalue weighted by Gasteiger charge is -2.14. The fraction of sp³-hybridized carbons (Fsp3) is 0.400. The highest BCUT2D eigenvalue weighted by molar-refractivity contribution is 6.00. The summed E-state index contributed by atoms with van der Waals surface area (Å²) >= 11 is 0. The molecule has 36 heavy (non-hydrogen) atoms. The van der Waals surface area contributed by atoms with Crippen molar-refractivity contribution in [3.8, 4) is 23.0 Å². The van der Waals surface area contributed by atoms with Crippen LogP contribution in [0.3, 0.4) is 0 Å². The summed E-state index contributed by atoms with van der Waals surface area (Å²) in [4.78, 5) is 25.0. The summed E-state index contributed by atoms with van der Waals surface area (Å²) in [6, 6.07) is 13.7. The van der Waals surface area contributed by atoms with Crippen molar-refractivity contribution in [3.05, 3.63) is 59.9 Å². The number of hydrogen-bond acceptors (Lipinski definition) is 5. The third-order valence-electron chi connectivity index (χ3n) is 7.87. The summed E-state index contributed by atoms with van der Waals surface area (Å²) in [6.07, 6.45) is 5.16. The van der Waals surface area contributed by atoms with Crippen LogP contribution in [0.5, 0.6) is 23.0 Å². The monoisotopic (exact) mass is 490 g/mol. The van der Waals surface area contributed by atoms with E-state index in [4.69, 9.17) is 14.2 Å². The molecule has 3 aromatic carbocycles. The Morgan fingerprint density at radius 2 is 1.56 bits per heavy atom. The van der Waals surface area contributed by atoms with Crippen LogP contribution in [0.15, 0.2) is 48.5 Å². The van der Waals surface area contributed by atoms with E-state index < -0.39 is 5.82 Å². The van der Waals surface area contributed by atoms with E-state index in [2.05, 4.69) is 0 Å². The van der Waals surface area contributed by atoms with Gasteiger partial charge in [0.25, 0.3) is 0 Å². The van der Waals surface area contributed by atoms with Crippen LogP contribution >= 0.6 is 0 Å². The summed E-state index contributed by atoms with van der Waals surface area (Å²) in [5, 5.41) is 1.69. The van der Waals surface area contributed by atoms with E-state index in [1.807, 2.05) is 24.3 Å². The van der Waals surface area contributed by atoms with Crippen molar-refractivity contribution in [1.29, 1.82) is 0 Å². The molecule has 0 radical (unpaired) electrons. The van der Waals surface area contributed by atoms with Crippen molar-refractivity contribution in [1.82, 2.24) is 0 Å². The minimum Gasteiger partial charge on any atom is -0.493 e. The zero-order valence-corrected chi connectivity index (χ0v) is 20.7. The highest BCUT2D eigenvalue weighted by Gasteiger charge is 2.42. The second-order valence-electron chi connectivity index (χ2n) is 10.0. The third-order valence-corrected chi connectivity index (χ3v) is 7.87. The zero-order valence-electron chi connectivity index (χ0n) is 20.7. The van der Waals surface area contributed by atoms with E-state index >= 15 is 0 Å². The molecule has 0 heterocycles. The molecule has 0 amide bonds. The van der Waals surface area contributed by atoms with Gasteiger partial charge in [-0.1, -0.05) is 18.2 Å². The molecule has 5 rings (SSSR count). The number of Topliss-reactive ketones (excluding diaryl/α,β-unsaturated/α-hetero) is 2. The fourth-order valence-corrected chi connectivity index (χ4v) is 6.08. The predicted molar refractivity (Wildman–Crippen MR) is 135 cm³/mol. The number of methoxy groups -OCH3 is 2. The van der Waals surface area contributed by atoms with Crippen LogP contribution in [0.1, 0.15) is 44.1 Å². The van der Waals surface area contributed by atoms with Gasteiger partial charge in [0, 0.05) is 24.3 Å². The molecular formula is C30H31FO5. The Balaban J connectivity index is 1.24. The lowest BCUT2D eigenvalue weighted by molar-refractivity contribution is -0.127. The van der Waals surface area contributed by atoms with Crippen LogP contribution in [0.4, 0.5) is 4.39 Å². The van der Waals surface area contributed by atoms with E-state index in [9.17, 15) is 14.0 Å². The first-order valence-corrected chi connectivity index (χ1v) is 12.6. The first kappa shape index (κ1) is 24.3. The highest BCUT2D eigenvalue weighted by atomic mass is 19.1. The summed E-state index contributed by atoms with van der Waals surface area (Å²) < 4.78 is 31.6. The first-order chi connectivity index (χ1) is 17.4. The molecule has 2 aliphatic carbocycles. The Labute approximate surface area is 210 Å². The lowest BCUT2D eigenvalue weighted by Crippen LogP contribution is -2.17. The van der Waals surface area contributed by atoms with Crippen molar-refractivity contribution in [2.75, 3.05) is 14.2 Å². The van der Waals surface area contributed by atoms with Crippen molar-refractivity contribution in [2.24, 2.45) is 17.8 Å². The Hall–Kier alpha value is -3.41. The number of hydrogen-bond donors (Lipinski definition) is 0. The van der Waals surface area contributed by atoms with Crippen LogP contribution in [-0.2, 0) is 16.0 Å². The zero-order chi connectivity index (χ0) is 25.2. The van der Waals surface area contributed by atoms with Crippen LogP contribution in [0, 0.1) is 23.6 Å². The second-order valence-corrected chi connectivity index (χ2v) is 10.0. The van der Waals surface area contributed by atoms with Gasteiger partial charge in [-0.05, 0) is 78.7 Å². The molecule has 0 saturated heterocycles. The molecule has 0 spiro atoms. The maximum Gasteiger partial charge on any atom is 0.161 e. The van der Waals surface area contributed by atoms with Gasteiger partial charge in [0.05, 0.1) is 20.6 Å². The van der Waals surface area contributed by atoms with E-state index in [1.54, 1.807) is 32.4 Å². The molecule has 3 aromatic rings. The van der Waals surface area contributed by atoms with Crippen molar-refractivity contribution in [2.45, 2.75) is 44.9 Å². The number of ketones is 2. The third kappa shape index (κ3) is 4.95. The highest BCUT2D eigenvalue weighted by Crippen LogP contribution is 2.50. The van der Waals surface area contributed by atoms with Crippen molar-refractivity contribution in [3.63, 3.8) is 0 Å². The van der Waals surface area contributed by atoms with Crippen molar-refractivity contribution < 1.29 is 28.2 Å². The topological polar surface area (TPSA) is 61.8 Å². The van der Waals surface area contributed by atoms with E-state index in [-0.39, 0.29) is 30.0 Å². The second kappa shape index (κ2) is 10.3. The average Bonchev–Trinajstić information content (AvgIpc) is 3.43. The van der Waals surface area contributed by atoms with Crippen molar-refractivity contribution >= 4 is 22.3 Å². The van der Waals surface area contributed by atoms with Gasteiger partial charge in [-0.2, -0.15) is 0 Å². The number of carbonyl (C=O) groups excluding carboxylic acids is 2. The van der Waals surface area contributed by atoms with Gasteiger partial charge in [-0.3, -0.25) is 9.59 Å². The Kier molecular flexibility index (Phi) is 6.95. The van der Waals surface area contributed by atoms with Crippen LogP contribution < -0.4 is 14.2 Å². The number of benzene rings is 3. The number of carbonyl (C=O) groups is 2. The first-order valence-electron chi connectivity index (χ1n) is 12.6. The molecule has 2 aliphatic rings. The average molecular weight is 491 g/mol. The molecule has 2 saturated carbocycles. The Bertz CT molecular complexity index is 1280.